The number of carbonyl (C=O) groups is 5. The number of carbonyl (C=O) groups excluding carboxylic acids is 5. The predicted molar refractivity (Wildman–Crippen MR) is 227 cm³/mol. The van der Waals surface area contributed by atoms with E-state index in [0.29, 0.717) is 25.7 Å². The number of ketones is 5. The van der Waals surface area contributed by atoms with Crippen LogP contribution in [0.4, 0.5) is 0 Å². The molecule has 18 unspecified atom stereocenters. The lowest BCUT2D eigenvalue weighted by atomic mass is 9.57. The van der Waals surface area contributed by atoms with Crippen LogP contribution < -0.4 is 0 Å². The molecule has 18 heteroatoms. The highest BCUT2D eigenvalue weighted by Crippen LogP contribution is 2.53. The highest BCUT2D eigenvalue weighted by molar-refractivity contribution is 6.32. The minimum Gasteiger partial charge on any atom is -0.507 e. The van der Waals surface area contributed by atoms with Gasteiger partial charge in [0, 0.05) is 55.2 Å². The summed E-state index contributed by atoms with van der Waals surface area (Å²) in [4.78, 5) is 67.3. The summed E-state index contributed by atoms with van der Waals surface area (Å²) in [6.45, 7) is 10.5. The van der Waals surface area contributed by atoms with Crippen molar-refractivity contribution in [2.75, 3.05) is 0 Å². The average molecular weight is 935 g/mol. The van der Waals surface area contributed by atoms with Crippen molar-refractivity contribution < 1.29 is 86.7 Å². The van der Waals surface area contributed by atoms with Gasteiger partial charge in [-0.3, -0.25) is 24.0 Å². The number of fused-ring (bicyclic) bond motifs is 5. The van der Waals surface area contributed by atoms with Crippen LogP contribution in [0.5, 0.6) is 5.75 Å². The van der Waals surface area contributed by atoms with Crippen molar-refractivity contribution in [3.8, 4) is 5.75 Å². The molecule has 0 amide bonds. The number of rotatable bonds is 7. The zero-order valence-electron chi connectivity index (χ0n) is 38.2. The zero-order chi connectivity index (χ0) is 47.5. The summed E-state index contributed by atoms with van der Waals surface area (Å²) in [7, 11) is 0. The zero-order valence-corrected chi connectivity index (χ0v) is 38.2. The second-order valence-electron chi connectivity index (χ2n) is 19.8. The largest absolute Gasteiger partial charge is 0.507 e. The molecule has 18 atom stereocenters. The first kappa shape index (κ1) is 46.8. The van der Waals surface area contributed by atoms with Crippen LogP contribution in [-0.2, 0) is 61.8 Å². The van der Waals surface area contributed by atoms with E-state index in [9.17, 15) is 39.3 Å². The minimum atomic E-state index is -2.81. The third-order valence-electron chi connectivity index (χ3n) is 15.0. The van der Waals surface area contributed by atoms with Crippen LogP contribution in [-0.4, -0.2) is 147 Å². The van der Waals surface area contributed by atoms with Gasteiger partial charge in [-0.15, -0.1) is 0 Å². The molecule has 67 heavy (non-hydrogen) atoms. The minimum absolute atomic E-state index is 0.102. The molecule has 362 valence electrons. The molecule has 3 aliphatic carbocycles. The topological polar surface area (TPSA) is 238 Å². The third-order valence-corrected chi connectivity index (χ3v) is 15.0. The Labute approximate surface area is 386 Å². The van der Waals surface area contributed by atoms with Gasteiger partial charge >= 0.3 is 0 Å². The van der Waals surface area contributed by atoms with Crippen LogP contribution in [0.15, 0.2) is 47.6 Å². The molecule has 0 bridgehead atoms. The van der Waals surface area contributed by atoms with Gasteiger partial charge in [-0.05, 0) is 78.7 Å². The summed E-state index contributed by atoms with van der Waals surface area (Å²) in [5.74, 6) is -3.34. The quantitative estimate of drug-likeness (QED) is 0.354. The van der Waals surface area contributed by atoms with Crippen molar-refractivity contribution in [2.45, 2.75) is 202 Å². The molecule has 6 heterocycles. The van der Waals surface area contributed by atoms with Gasteiger partial charge in [-0.25, -0.2) is 0 Å². The van der Waals surface area contributed by atoms with Gasteiger partial charge in [0.15, 0.2) is 59.7 Å². The average Bonchev–Trinajstić information content (AvgIpc) is 3.26. The lowest BCUT2D eigenvalue weighted by molar-refractivity contribution is -0.347. The number of Topliss-reactive ketones (excluding diaryl/α,β-unsaturated/α-hetero) is 4. The van der Waals surface area contributed by atoms with E-state index in [1.807, 2.05) is 13.8 Å². The van der Waals surface area contributed by atoms with Gasteiger partial charge in [0.1, 0.15) is 35.8 Å². The molecule has 6 aliphatic heterocycles. The van der Waals surface area contributed by atoms with Gasteiger partial charge in [0.05, 0.1) is 59.5 Å². The fourth-order valence-corrected chi connectivity index (χ4v) is 11.4. The Morgan fingerprint density at radius 1 is 0.731 bits per heavy atom. The van der Waals surface area contributed by atoms with Gasteiger partial charge in [0.25, 0.3) is 0 Å². The van der Waals surface area contributed by atoms with Crippen molar-refractivity contribution in [2.24, 2.45) is 0 Å². The normalized spacial score (nSPS) is 45.3. The fourth-order valence-electron chi connectivity index (χ4n) is 11.4. The van der Waals surface area contributed by atoms with E-state index >= 15 is 0 Å². The number of aliphatic hydroxyl groups is 2. The molecule has 10 rings (SSSR count). The number of allylic oxidation sites excluding steroid dienone is 2. The summed E-state index contributed by atoms with van der Waals surface area (Å²) in [5.41, 5.74) is -7.78. The van der Waals surface area contributed by atoms with E-state index in [4.69, 9.17) is 47.4 Å². The smallest absolute Gasteiger partial charge is 0.198 e. The van der Waals surface area contributed by atoms with E-state index in [2.05, 4.69) is 0 Å². The highest BCUT2D eigenvalue weighted by Gasteiger charge is 2.67. The summed E-state index contributed by atoms with van der Waals surface area (Å²) < 4.78 is 61.5. The van der Waals surface area contributed by atoms with Crippen molar-refractivity contribution in [3.05, 3.63) is 64.3 Å². The molecule has 1 aromatic rings. The summed E-state index contributed by atoms with van der Waals surface area (Å²) in [6, 6.07) is 2.80. The van der Waals surface area contributed by atoms with Crippen molar-refractivity contribution in [1.29, 1.82) is 0 Å². The number of benzene rings is 1. The number of hydrogen-bond donors (Lipinski definition) is 3. The highest BCUT2D eigenvalue weighted by atomic mass is 16.7. The van der Waals surface area contributed by atoms with E-state index in [1.165, 1.54) is 24.3 Å². The lowest BCUT2D eigenvalue weighted by Crippen LogP contribution is -2.69. The maximum Gasteiger partial charge on any atom is 0.198 e. The maximum atomic E-state index is 14.4. The van der Waals surface area contributed by atoms with Gasteiger partial charge < -0.3 is 62.7 Å². The Hall–Kier alpha value is -3.89. The molecule has 1 aromatic carbocycles. The predicted octanol–water partition coefficient (Wildman–Crippen LogP) is 3.64. The molecule has 18 nitrogen and oxygen atoms in total. The standard InChI is InChI=1S/C49H58O18/c1-21-29(50)9-12-37(59-21)64-31-10-13-38(60-23(31)3)65-32-11-14-39(61-24(32)4)67-47(6)19-36(52)49(57)41-28(15-16-48(49,56)20-47)43(54)40-27(44(41)55)8-7-26(42(40)53)33-18-34-45(25(5)58-33)66-46-35(63-34)17-30(51)22(2)62-46/h7-9,12,15-16,21-25,31-35,37-39,45-46,53,56-57H,10-11,13-14,17-20H2,1-6H3. The van der Waals surface area contributed by atoms with Gasteiger partial charge in [-0.2, -0.15) is 0 Å². The van der Waals surface area contributed by atoms with Gasteiger partial charge in [-0.1, -0.05) is 12.1 Å². The van der Waals surface area contributed by atoms with Crippen LogP contribution in [0.25, 0.3) is 0 Å². The Balaban J connectivity index is 0.783. The van der Waals surface area contributed by atoms with Crippen LogP contribution in [0.3, 0.4) is 0 Å². The molecular formula is C49H58O18. The molecule has 5 saturated heterocycles. The molecule has 1 saturated carbocycles. The maximum absolute atomic E-state index is 14.4. The van der Waals surface area contributed by atoms with E-state index in [-0.39, 0.29) is 71.4 Å². The molecule has 3 N–H and O–H groups in total. The first-order valence-electron chi connectivity index (χ1n) is 23.4. The van der Waals surface area contributed by atoms with Gasteiger partial charge in [0.2, 0.25) is 0 Å². The SMILES string of the molecule is CC1OC(OC2CCC(OC3CCC(OC4(C)CC(=O)C5(O)C6=C(C=CC5(O)C4)C(=O)c4c(ccc(C5CC7OC8CC(=O)C(C)OC8OC7C(C)O5)c4O)C6=O)OC3C)OC2C)C=CC1=O. The third kappa shape index (κ3) is 8.04. The van der Waals surface area contributed by atoms with Crippen molar-refractivity contribution in [3.63, 3.8) is 0 Å². The molecule has 0 spiro atoms. The number of hydrogen-bond acceptors (Lipinski definition) is 18. The second-order valence-corrected chi connectivity index (χ2v) is 19.8. The van der Waals surface area contributed by atoms with E-state index in [0.717, 1.165) is 6.08 Å². The Kier molecular flexibility index (Phi) is 12.0. The summed E-state index contributed by atoms with van der Waals surface area (Å²) in [5, 5.41) is 36.3. The molecular weight excluding hydrogens is 877 g/mol. The van der Waals surface area contributed by atoms with Crippen LogP contribution in [0, 0.1) is 0 Å². The monoisotopic (exact) mass is 934 g/mol. The molecule has 0 radical (unpaired) electrons. The molecule has 0 aromatic heterocycles. The van der Waals surface area contributed by atoms with E-state index < -0.39 is 126 Å². The molecule has 6 fully saturated rings. The Bertz CT molecular complexity index is 2340. The fraction of sp³-hybridized carbons (Fsp3) is 0.653. The second kappa shape index (κ2) is 17.2. The van der Waals surface area contributed by atoms with E-state index in [1.54, 1.807) is 33.8 Å². The summed E-state index contributed by atoms with van der Waals surface area (Å²) in [6.07, 6.45) is -1.19. The first-order chi connectivity index (χ1) is 31.8. The number of phenolic OH excluding ortho intramolecular Hbond substituents is 1. The van der Waals surface area contributed by atoms with Crippen LogP contribution >= 0.6 is 0 Å². The van der Waals surface area contributed by atoms with Crippen LogP contribution in [0.1, 0.15) is 125 Å². The number of phenols is 1. The van der Waals surface area contributed by atoms with Crippen LogP contribution in [0.2, 0.25) is 0 Å². The summed E-state index contributed by atoms with van der Waals surface area (Å²) >= 11 is 0. The first-order valence-corrected chi connectivity index (χ1v) is 23.4. The van der Waals surface area contributed by atoms with Crippen molar-refractivity contribution >= 4 is 28.9 Å². The number of aromatic hydroxyl groups is 1. The number of ether oxygens (including phenoxy) is 10. The van der Waals surface area contributed by atoms with Crippen molar-refractivity contribution in [1.82, 2.24) is 0 Å². The lowest BCUT2D eigenvalue weighted by Gasteiger charge is -2.53. The Morgan fingerprint density at radius 2 is 1.45 bits per heavy atom. The Morgan fingerprint density at radius 3 is 2.18 bits per heavy atom. The molecule has 9 aliphatic rings.